The first-order valence-corrected chi connectivity index (χ1v) is 26.4. The number of hydrogen-bond donors (Lipinski definition) is 0. The van der Waals surface area contributed by atoms with Gasteiger partial charge in [0, 0.05) is 0 Å². The van der Waals surface area contributed by atoms with Gasteiger partial charge in [0.1, 0.15) is 0 Å². The average molecular weight is 992 g/mol. The van der Waals surface area contributed by atoms with Crippen molar-refractivity contribution in [2.24, 2.45) is 0 Å². The van der Waals surface area contributed by atoms with Crippen molar-refractivity contribution < 1.29 is 46.1 Å². The summed E-state index contributed by atoms with van der Waals surface area (Å²) < 4.78 is 3.36. The van der Waals surface area contributed by atoms with E-state index < -0.39 is 21.3 Å². The van der Waals surface area contributed by atoms with Crippen LogP contribution in [0.2, 0.25) is 10.0 Å². The maximum Gasteiger partial charge on any atom is -1.00 e. The number of halogens is 4. The van der Waals surface area contributed by atoms with Gasteiger partial charge in [-0.15, -0.1) is 0 Å². The molecule has 0 unspecified atom stereocenters. The Morgan fingerprint density at radius 3 is 1.30 bits per heavy atom. The second-order valence-corrected chi connectivity index (χ2v) is 26.3. The maximum absolute atomic E-state index is 6.56. The monoisotopic (exact) mass is 988 g/mol. The molecule has 10 rings (SSSR count). The summed E-state index contributed by atoms with van der Waals surface area (Å²) >= 11 is 9.95. The van der Waals surface area contributed by atoms with Crippen molar-refractivity contribution in [1.82, 2.24) is 0 Å². The zero-order valence-electron chi connectivity index (χ0n) is 37.0. The molecule has 64 heavy (non-hydrogen) atoms. The van der Waals surface area contributed by atoms with Crippen molar-refractivity contribution >= 4 is 48.0 Å². The summed E-state index contributed by atoms with van der Waals surface area (Å²) in [6.45, 7) is 14.1. The van der Waals surface area contributed by atoms with Gasteiger partial charge in [-0.1, -0.05) is 0 Å². The molecule has 0 aromatic heterocycles. The molecule has 5 heteroatoms. The van der Waals surface area contributed by atoms with Crippen LogP contribution in [0.25, 0.3) is 54.9 Å². The number of fused-ring (bicyclic) bond motifs is 5. The third-order valence-corrected chi connectivity index (χ3v) is 21.8. The summed E-state index contributed by atoms with van der Waals surface area (Å²) in [5, 5.41) is 6.59. The van der Waals surface area contributed by atoms with Gasteiger partial charge in [0.15, 0.2) is 0 Å². The minimum absolute atomic E-state index is 0. The maximum atomic E-state index is 6.56. The smallest absolute Gasteiger partial charge is 1.00 e. The largest absolute Gasteiger partial charge is 1.00 e. The molecule has 0 saturated carbocycles. The first kappa shape index (κ1) is 46.2. The Kier molecular flexibility index (Phi) is 13.1. The van der Waals surface area contributed by atoms with Crippen LogP contribution in [0.4, 0.5) is 0 Å². The number of benzene rings is 8. The van der Waals surface area contributed by atoms with E-state index in [1.807, 2.05) is 24.3 Å². The number of allylic oxidation sites excluding steroid dienone is 4. The zero-order valence-corrected chi connectivity index (χ0v) is 42.5. The number of rotatable bonds is 6. The van der Waals surface area contributed by atoms with Gasteiger partial charge in [0.25, 0.3) is 0 Å². The first-order valence-electron chi connectivity index (χ1n) is 21.8. The molecule has 0 fully saturated rings. The predicted octanol–water partition coefficient (Wildman–Crippen LogP) is 11.0. The Hall–Kier alpha value is -4.33. The van der Waals surface area contributed by atoms with Crippen LogP contribution in [0.1, 0.15) is 85.0 Å². The fraction of sp³-hybridized carbons (Fsp3) is 0.169. The van der Waals surface area contributed by atoms with E-state index in [1.165, 1.54) is 88.3 Å². The molecule has 0 N–H and O–H groups in total. The van der Waals surface area contributed by atoms with Gasteiger partial charge in [-0.25, -0.2) is 0 Å². The van der Waals surface area contributed by atoms with Gasteiger partial charge >= 0.3 is 388 Å². The third-order valence-electron chi connectivity index (χ3n) is 13.0. The van der Waals surface area contributed by atoms with Gasteiger partial charge in [-0.2, -0.15) is 0 Å². The van der Waals surface area contributed by atoms with Gasteiger partial charge < -0.3 is 24.8 Å². The van der Waals surface area contributed by atoms with Crippen molar-refractivity contribution in [3.63, 3.8) is 0 Å². The summed E-state index contributed by atoms with van der Waals surface area (Å²) in [4.78, 5) is 0. The summed E-state index contributed by atoms with van der Waals surface area (Å²) in [6, 6.07) is 59.4. The molecule has 0 nitrogen and oxygen atoms in total. The molecule has 0 heterocycles. The van der Waals surface area contributed by atoms with Crippen LogP contribution < -0.4 is 24.8 Å². The van der Waals surface area contributed by atoms with E-state index >= 15 is 0 Å². The molecule has 0 saturated heterocycles. The summed E-state index contributed by atoms with van der Waals surface area (Å²) in [5.74, 6) is 0. The van der Waals surface area contributed by atoms with Crippen LogP contribution in [0.15, 0.2) is 179 Å². The molecule has 0 atom stereocenters. The van der Waals surface area contributed by atoms with Crippen LogP contribution in [0.3, 0.4) is 0 Å². The number of hydrogen-bond acceptors (Lipinski definition) is 0. The van der Waals surface area contributed by atoms with Crippen LogP contribution in [-0.2, 0) is 32.1 Å². The van der Waals surface area contributed by atoms with Gasteiger partial charge in [-0.3, -0.25) is 0 Å². The van der Waals surface area contributed by atoms with E-state index in [-0.39, 0.29) is 39.3 Å². The predicted molar refractivity (Wildman–Crippen MR) is 265 cm³/mol. The van der Waals surface area contributed by atoms with Crippen molar-refractivity contribution in [2.45, 2.75) is 62.4 Å². The normalized spacial score (nSPS) is 13.1. The van der Waals surface area contributed by atoms with Crippen LogP contribution >= 0.6 is 23.2 Å². The standard InChI is InChI=1S/C33H31Cl2.C21H14.C5H5.2ClH.Zr/c1-32(2,3)30-18-26-22(16-28(30)20-7-11-24(34)12-8-20)15-23-17-29(21-9-13-25(35)14-10-21)31(19-27(23)26)33(4,5)6;1-3-7-20-14-16(9-11-18(20)5-1)13-17-10-12-19-6-2-4-8-21(19)15-17;1-2-4-5-3-1;;;/h7-19H,1-6H3;1-12,14-15H;1-3H,4H2;2*1H;/q;;;;;+2/p-2. The van der Waals surface area contributed by atoms with E-state index in [2.05, 4.69) is 193 Å². The second kappa shape index (κ2) is 18.2. The summed E-state index contributed by atoms with van der Waals surface area (Å²) in [5.41, 5.74) is 15.8. The zero-order chi connectivity index (χ0) is 42.9. The van der Waals surface area contributed by atoms with Crippen molar-refractivity contribution in [3.05, 3.63) is 223 Å². The van der Waals surface area contributed by atoms with Crippen molar-refractivity contribution in [2.75, 3.05) is 0 Å². The molecule has 0 bridgehead atoms. The summed E-state index contributed by atoms with van der Waals surface area (Å²) in [6.07, 6.45) is 8.17. The van der Waals surface area contributed by atoms with Crippen molar-refractivity contribution in [3.8, 4) is 33.4 Å². The Balaban J connectivity index is 0.00000280. The Labute approximate surface area is 409 Å². The van der Waals surface area contributed by atoms with E-state index in [0.29, 0.717) is 0 Å². The summed E-state index contributed by atoms with van der Waals surface area (Å²) in [7, 11) is 0. The molecule has 8 aromatic carbocycles. The molecule has 0 aliphatic heterocycles. The minimum atomic E-state index is -3.16. The Morgan fingerprint density at radius 2 is 0.906 bits per heavy atom. The van der Waals surface area contributed by atoms with Gasteiger partial charge in [0.05, 0.1) is 0 Å². The van der Waals surface area contributed by atoms with E-state index in [4.69, 9.17) is 23.2 Å². The SMILES string of the molecule is CC(C)(C)c1cc2c(cc1-c1ccc(Cl)cc1)[CH]([Zr+2]([C]1=CC=CC1)=[C](c1ccc3ccccc3c1)c1ccc3ccccc3c1)c1cc(-c3ccc(Cl)cc3)c(C(C)(C)C)cc1-2.[Cl-].[Cl-]. The molecule has 0 spiro atoms. The van der Waals surface area contributed by atoms with E-state index in [9.17, 15) is 0 Å². The molecule has 2 aliphatic rings. The molecule has 318 valence electrons. The van der Waals surface area contributed by atoms with Crippen LogP contribution in [0.5, 0.6) is 0 Å². The van der Waals surface area contributed by atoms with E-state index in [0.717, 1.165) is 16.5 Å². The third kappa shape index (κ3) is 8.61. The molecular formula is C59H50Cl4Zr. The minimum Gasteiger partial charge on any atom is -1.00 e. The fourth-order valence-corrected chi connectivity index (χ4v) is 19.1. The van der Waals surface area contributed by atoms with Crippen LogP contribution in [-0.4, -0.2) is 3.21 Å². The first-order chi connectivity index (χ1) is 29.8. The Morgan fingerprint density at radius 1 is 0.484 bits per heavy atom. The second-order valence-electron chi connectivity index (χ2n) is 19.2. The average Bonchev–Trinajstić information content (AvgIpc) is 3.91. The molecule has 2 aliphatic carbocycles. The molecule has 0 radical (unpaired) electrons. The van der Waals surface area contributed by atoms with E-state index in [1.54, 1.807) is 6.49 Å². The molecule has 8 aromatic rings. The van der Waals surface area contributed by atoms with Crippen LogP contribution in [0, 0.1) is 0 Å². The Bertz CT molecular complexity index is 2980. The fourth-order valence-electron chi connectivity index (χ4n) is 9.94. The topological polar surface area (TPSA) is 0 Å². The quantitative estimate of drug-likeness (QED) is 0.156. The van der Waals surface area contributed by atoms with Crippen molar-refractivity contribution in [1.29, 1.82) is 0 Å². The molecular weight excluding hydrogens is 942 g/mol. The molecule has 0 amide bonds. The van der Waals surface area contributed by atoms with Gasteiger partial charge in [-0.05, 0) is 0 Å². The van der Waals surface area contributed by atoms with Gasteiger partial charge in [0.2, 0.25) is 0 Å².